The van der Waals surface area contributed by atoms with E-state index in [4.69, 9.17) is 10.5 Å². The minimum atomic E-state index is -0.0388. The molecule has 24 heavy (non-hydrogen) atoms. The van der Waals surface area contributed by atoms with E-state index >= 15 is 0 Å². The van der Waals surface area contributed by atoms with Gasteiger partial charge < -0.3 is 15.8 Å². The summed E-state index contributed by atoms with van der Waals surface area (Å²) >= 11 is 0. The molecule has 1 aliphatic heterocycles. The zero-order valence-electron chi connectivity index (χ0n) is 13.4. The summed E-state index contributed by atoms with van der Waals surface area (Å²) in [6, 6.07) is 7.58. The second kappa shape index (κ2) is 5.23. The largest absolute Gasteiger partial charge is 0.480 e. The average Bonchev–Trinajstić information content (AvgIpc) is 2.95. The highest BCUT2D eigenvalue weighted by atomic mass is 16.5. The first-order valence-electron chi connectivity index (χ1n) is 7.68. The molecule has 0 radical (unpaired) electrons. The van der Waals surface area contributed by atoms with Gasteiger partial charge in [-0.25, -0.2) is 9.97 Å². The fraction of sp³-hybridized carbons (Fsp3) is 0.235. The number of fused-ring (bicyclic) bond motifs is 2. The van der Waals surface area contributed by atoms with E-state index in [0.717, 1.165) is 11.1 Å². The van der Waals surface area contributed by atoms with E-state index in [1.807, 2.05) is 25.1 Å². The van der Waals surface area contributed by atoms with Gasteiger partial charge in [-0.2, -0.15) is 0 Å². The molecule has 0 amide bonds. The molecule has 1 aliphatic rings. The quantitative estimate of drug-likeness (QED) is 0.747. The second-order valence-corrected chi connectivity index (χ2v) is 5.95. The lowest BCUT2D eigenvalue weighted by Gasteiger charge is -2.08. The lowest BCUT2D eigenvalue weighted by atomic mass is 10.1. The molecular weight excluding hydrogens is 306 g/mol. The van der Waals surface area contributed by atoms with Crippen molar-refractivity contribution in [1.82, 2.24) is 14.5 Å². The van der Waals surface area contributed by atoms with E-state index in [-0.39, 0.29) is 11.6 Å². The third-order valence-corrected chi connectivity index (χ3v) is 4.19. The molecule has 0 saturated heterocycles. The van der Waals surface area contributed by atoms with Crippen LogP contribution in [0.4, 0.5) is 11.6 Å². The van der Waals surface area contributed by atoms with E-state index in [2.05, 4.69) is 15.3 Å². The van der Waals surface area contributed by atoms with Crippen LogP contribution in [0.25, 0.3) is 22.0 Å². The molecule has 3 N–H and O–H groups in total. The smallest absolute Gasteiger partial charge is 0.262 e. The molecule has 0 bridgehead atoms. The van der Waals surface area contributed by atoms with Crippen LogP contribution in [0.15, 0.2) is 35.3 Å². The maximum atomic E-state index is 12.7. The van der Waals surface area contributed by atoms with Crippen molar-refractivity contribution in [2.45, 2.75) is 19.5 Å². The van der Waals surface area contributed by atoms with Gasteiger partial charge in [0.05, 0.1) is 23.7 Å². The van der Waals surface area contributed by atoms with Crippen molar-refractivity contribution in [3.05, 3.63) is 40.8 Å². The molecule has 4 rings (SSSR count). The van der Waals surface area contributed by atoms with Crippen molar-refractivity contribution >= 4 is 22.5 Å². The summed E-state index contributed by atoms with van der Waals surface area (Å²) in [7, 11) is 1.52. The van der Waals surface area contributed by atoms with E-state index < -0.39 is 0 Å². The molecule has 7 nitrogen and oxygen atoms in total. The van der Waals surface area contributed by atoms with Gasteiger partial charge in [-0.05, 0) is 30.7 Å². The number of nitrogen functional groups attached to an aromatic ring is 1. The van der Waals surface area contributed by atoms with Crippen molar-refractivity contribution in [2.75, 3.05) is 18.2 Å². The van der Waals surface area contributed by atoms with Crippen LogP contribution >= 0.6 is 0 Å². The molecule has 0 saturated carbocycles. The lowest BCUT2D eigenvalue weighted by Crippen LogP contribution is -2.20. The highest BCUT2D eigenvalue weighted by Gasteiger charge is 2.20. The zero-order chi connectivity index (χ0) is 16.8. The first-order chi connectivity index (χ1) is 11.6. The Kier molecular flexibility index (Phi) is 3.16. The van der Waals surface area contributed by atoms with Crippen LogP contribution in [0.2, 0.25) is 0 Å². The number of hydrogen-bond acceptors (Lipinski definition) is 6. The van der Waals surface area contributed by atoms with Crippen LogP contribution < -0.4 is 21.3 Å². The fourth-order valence-corrected chi connectivity index (χ4v) is 3.02. The molecule has 1 unspecified atom stereocenters. The Morgan fingerprint density at radius 3 is 2.92 bits per heavy atom. The Morgan fingerprint density at radius 1 is 1.33 bits per heavy atom. The number of ether oxygens (including phenoxy) is 1. The summed E-state index contributed by atoms with van der Waals surface area (Å²) < 4.78 is 6.76. The molecule has 2 aromatic heterocycles. The Bertz CT molecular complexity index is 1010. The summed E-state index contributed by atoms with van der Waals surface area (Å²) in [6.07, 6.45) is 1.68. The number of rotatable bonds is 2. The predicted molar refractivity (Wildman–Crippen MR) is 93.3 cm³/mol. The molecular formula is C17H17N5O2. The van der Waals surface area contributed by atoms with Crippen LogP contribution in [0.3, 0.4) is 0 Å². The van der Waals surface area contributed by atoms with Crippen LogP contribution in [0.1, 0.15) is 6.92 Å². The summed E-state index contributed by atoms with van der Waals surface area (Å²) in [6.45, 7) is 2.65. The SMILES string of the molecule is COc1ncc(-c2ccc3nc4n(c(=O)c3c2)CC(C)N4)cc1N. The molecule has 7 heteroatoms. The second-order valence-electron chi connectivity index (χ2n) is 5.95. The van der Waals surface area contributed by atoms with Crippen LogP contribution in [-0.4, -0.2) is 27.7 Å². The van der Waals surface area contributed by atoms with Gasteiger partial charge in [-0.15, -0.1) is 0 Å². The Hall–Kier alpha value is -3.09. The number of benzene rings is 1. The van der Waals surface area contributed by atoms with Crippen molar-refractivity contribution in [3.63, 3.8) is 0 Å². The molecule has 122 valence electrons. The minimum absolute atomic E-state index is 0.0388. The third-order valence-electron chi connectivity index (χ3n) is 4.19. The van der Waals surface area contributed by atoms with Gasteiger partial charge in [-0.1, -0.05) is 6.07 Å². The highest BCUT2D eigenvalue weighted by Crippen LogP contribution is 2.28. The first-order valence-corrected chi connectivity index (χ1v) is 7.68. The molecule has 1 atom stereocenters. The van der Waals surface area contributed by atoms with Gasteiger partial charge in [-0.3, -0.25) is 9.36 Å². The Labute approximate surface area is 138 Å². The average molecular weight is 323 g/mol. The van der Waals surface area contributed by atoms with Crippen molar-refractivity contribution in [2.24, 2.45) is 0 Å². The summed E-state index contributed by atoms with van der Waals surface area (Å²) in [5, 5.41) is 3.79. The van der Waals surface area contributed by atoms with E-state index in [9.17, 15) is 4.79 Å². The van der Waals surface area contributed by atoms with Crippen molar-refractivity contribution in [3.8, 4) is 17.0 Å². The zero-order valence-corrected chi connectivity index (χ0v) is 13.4. The molecule has 0 aliphatic carbocycles. The maximum Gasteiger partial charge on any atom is 0.262 e. The first kappa shape index (κ1) is 14.5. The van der Waals surface area contributed by atoms with Crippen LogP contribution in [0, 0.1) is 0 Å². The topological polar surface area (TPSA) is 95.1 Å². The van der Waals surface area contributed by atoms with Crippen molar-refractivity contribution < 1.29 is 4.74 Å². The van der Waals surface area contributed by atoms with Gasteiger partial charge in [0.15, 0.2) is 0 Å². The lowest BCUT2D eigenvalue weighted by molar-refractivity contribution is 0.400. The molecule has 3 heterocycles. The number of nitrogens with zero attached hydrogens (tertiary/aromatic N) is 3. The normalized spacial score (nSPS) is 16.0. The highest BCUT2D eigenvalue weighted by molar-refractivity contribution is 5.85. The van der Waals surface area contributed by atoms with E-state index in [0.29, 0.717) is 35.0 Å². The Balaban J connectivity index is 1.87. The van der Waals surface area contributed by atoms with Crippen LogP contribution in [0.5, 0.6) is 5.88 Å². The monoisotopic (exact) mass is 323 g/mol. The summed E-state index contributed by atoms with van der Waals surface area (Å²) in [5.74, 6) is 1.02. The number of nitrogens with one attached hydrogen (secondary N) is 1. The van der Waals surface area contributed by atoms with Gasteiger partial charge in [0.2, 0.25) is 11.8 Å². The number of hydrogen-bond donors (Lipinski definition) is 2. The minimum Gasteiger partial charge on any atom is -0.480 e. The number of aromatic nitrogens is 3. The van der Waals surface area contributed by atoms with Gasteiger partial charge in [0.1, 0.15) is 0 Å². The number of methoxy groups -OCH3 is 1. The molecule has 1 aromatic carbocycles. The summed E-state index contributed by atoms with van der Waals surface area (Å²) in [5.41, 5.74) is 8.71. The van der Waals surface area contributed by atoms with E-state index in [1.165, 1.54) is 7.11 Å². The van der Waals surface area contributed by atoms with Crippen molar-refractivity contribution in [1.29, 1.82) is 0 Å². The standard InChI is InChI=1S/C17H17N5O2/c1-9-8-22-16(23)12-5-10(3-4-14(12)21-17(22)20-9)11-6-13(18)15(24-2)19-7-11/h3-7,9H,8,18H2,1-2H3,(H,20,21). The van der Waals surface area contributed by atoms with Gasteiger partial charge in [0.25, 0.3) is 5.56 Å². The van der Waals surface area contributed by atoms with Gasteiger partial charge in [0, 0.05) is 24.3 Å². The number of nitrogens with two attached hydrogens (primary N) is 1. The molecule has 0 fully saturated rings. The fourth-order valence-electron chi connectivity index (χ4n) is 3.02. The predicted octanol–water partition coefficient (Wildman–Crippen LogP) is 1.86. The molecule has 0 spiro atoms. The number of anilines is 2. The van der Waals surface area contributed by atoms with Gasteiger partial charge >= 0.3 is 0 Å². The Morgan fingerprint density at radius 2 is 2.17 bits per heavy atom. The third kappa shape index (κ3) is 2.17. The van der Waals surface area contributed by atoms with E-state index in [1.54, 1.807) is 16.8 Å². The maximum absolute atomic E-state index is 12.7. The van der Waals surface area contributed by atoms with Crippen LogP contribution in [-0.2, 0) is 6.54 Å². The number of pyridine rings is 1. The molecule has 3 aromatic rings. The summed E-state index contributed by atoms with van der Waals surface area (Å²) in [4.78, 5) is 21.5.